The van der Waals surface area contributed by atoms with Crippen molar-refractivity contribution in [2.75, 3.05) is 13.1 Å². The molecule has 0 bridgehead atoms. The molecule has 0 spiro atoms. The summed E-state index contributed by atoms with van der Waals surface area (Å²) >= 11 is 0. The highest BCUT2D eigenvalue weighted by molar-refractivity contribution is 5.68. The monoisotopic (exact) mass is 200 g/mol. The second kappa shape index (κ2) is 5.98. The zero-order valence-electron chi connectivity index (χ0n) is 8.54. The first-order valence-electron chi connectivity index (χ1n) is 5.39. The Bertz CT molecular complexity index is 173. The number of nitrogens with two attached hydrogens (primary N) is 1. The van der Waals surface area contributed by atoms with E-state index in [1.807, 2.05) is 0 Å². The van der Waals surface area contributed by atoms with Crippen LogP contribution in [0, 0.1) is 5.92 Å². The first-order valence-corrected chi connectivity index (χ1v) is 5.39. The van der Waals surface area contributed by atoms with Gasteiger partial charge in [0, 0.05) is 6.04 Å². The average molecular weight is 200 g/mol. The van der Waals surface area contributed by atoms with E-state index in [0.29, 0.717) is 0 Å². The van der Waals surface area contributed by atoms with Crippen molar-refractivity contribution in [1.82, 2.24) is 5.32 Å². The predicted molar refractivity (Wildman–Crippen MR) is 55.1 cm³/mol. The van der Waals surface area contributed by atoms with Gasteiger partial charge in [0.25, 0.3) is 0 Å². The fourth-order valence-electron chi connectivity index (χ4n) is 2.28. The number of rotatable bonds is 1. The van der Waals surface area contributed by atoms with Crippen LogP contribution in [-0.4, -0.2) is 30.2 Å². The van der Waals surface area contributed by atoms with Crippen LogP contribution in [0.15, 0.2) is 0 Å². The van der Waals surface area contributed by atoms with Crippen molar-refractivity contribution in [2.24, 2.45) is 11.7 Å². The number of carboxylic acids is 1. The van der Waals surface area contributed by atoms with Gasteiger partial charge in [-0.2, -0.15) is 0 Å². The molecule has 82 valence electrons. The van der Waals surface area contributed by atoms with Crippen molar-refractivity contribution in [1.29, 1.82) is 0 Å². The van der Waals surface area contributed by atoms with E-state index >= 15 is 0 Å². The summed E-state index contributed by atoms with van der Waals surface area (Å²) in [5.74, 6) is 0.0868. The zero-order chi connectivity index (χ0) is 10.4. The van der Waals surface area contributed by atoms with Crippen molar-refractivity contribution in [3.8, 4) is 0 Å². The normalized spacial score (nSPS) is 30.1. The molecule has 0 amide bonds. The first-order chi connectivity index (χ1) is 6.74. The van der Waals surface area contributed by atoms with E-state index in [-0.39, 0.29) is 6.54 Å². The van der Waals surface area contributed by atoms with E-state index in [2.05, 4.69) is 11.1 Å². The smallest absolute Gasteiger partial charge is 0.317 e. The van der Waals surface area contributed by atoms with Gasteiger partial charge in [-0.05, 0) is 31.7 Å². The van der Waals surface area contributed by atoms with Crippen molar-refractivity contribution in [3.63, 3.8) is 0 Å². The second-order valence-corrected chi connectivity index (χ2v) is 3.99. The van der Waals surface area contributed by atoms with E-state index < -0.39 is 5.97 Å². The summed E-state index contributed by atoms with van der Waals surface area (Å²) in [7, 11) is 0. The van der Waals surface area contributed by atoms with Gasteiger partial charge in [-0.1, -0.05) is 12.8 Å². The van der Waals surface area contributed by atoms with Crippen LogP contribution in [0.3, 0.4) is 0 Å². The molecule has 1 saturated carbocycles. The summed E-state index contributed by atoms with van der Waals surface area (Å²) in [5.41, 5.74) is 4.57. The Morgan fingerprint density at radius 3 is 2.57 bits per heavy atom. The molecular weight excluding hydrogens is 180 g/mol. The van der Waals surface area contributed by atoms with Crippen LogP contribution < -0.4 is 11.1 Å². The highest BCUT2D eigenvalue weighted by Gasteiger charge is 2.28. The maximum atomic E-state index is 9.24. The third-order valence-corrected chi connectivity index (χ3v) is 3.01. The quantitative estimate of drug-likeness (QED) is 0.578. The molecular formula is C10H20N2O2. The number of aliphatic carboxylic acids is 1. The van der Waals surface area contributed by atoms with Crippen LogP contribution in [0.2, 0.25) is 0 Å². The zero-order valence-corrected chi connectivity index (χ0v) is 8.54. The summed E-state index contributed by atoms with van der Waals surface area (Å²) in [6, 6.07) is 0.916. The molecule has 1 aliphatic heterocycles. The van der Waals surface area contributed by atoms with Gasteiger partial charge in [0.05, 0.1) is 6.54 Å². The number of fused-ring (bicyclic) bond motifs is 1. The molecule has 14 heavy (non-hydrogen) atoms. The van der Waals surface area contributed by atoms with Crippen LogP contribution >= 0.6 is 0 Å². The van der Waals surface area contributed by atoms with Gasteiger partial charge in [0.1, 0.15) is 0 Å². The Morgan fingerprint density at radius 1 is 1.36 bits per heavy atom. The Kier molecular flexibility index (Phi) is 4.90. The number of hydrogen-bond donors (Lipinski definition) is 3. The lowest BCUT2D eigenvalue weighted by atomic mass is 9.86. The summed E-state index contributed by atoms with van der Waals surface area (Å²) in [5, 5.41) is 11.2. The van der Waals surface area contributed by atoms with Gasteiger partial charge in [-0.15, -0.1) is 0 Å². The molecule has 1 saturated heterocycles. The molecule has 2 fully saturated rings. The van der Waals surface area contributed by atoms with Crippen molar-refractivity contribution < 1.29 is 9.90 Å². The molecule has 0 aromatic heterocycles. The fraction of sp³-hybridized carbons (Fsp3) is 0.900. The molecule has 1 aliphatic carbocycles. The summed E-state index contributed by atoms with van der Waals surface area (Å²) < 4.78 is 0. The van der Waals surface area contributed by atoms with Crippen LogP contribution in [-0.2, 0) is 4.79 Å². The number of carboxylic acid groups (broad SMARTS) is 1. The second-order valence-electron chi connectivity index (χ2n) is 3.99. The lowest BCUT2D eigenvalue weighted by Crippen LogP contribution is -2.29. The van der Waals surface area contributed by atoms with Crippen molar-refractivity contribution in [2.45, 2.75) is 38.1 Å². The standard InChI is InChI=1S/C8H15N.C2H5NO2/c1-2-4-8-7(3-1)5-6-9-8;3-1-2(4)5/h7-9H,1-6H2;1,3H2,(H,4,5). The molecule has 4 heteroatoms. The number of nitrogens with one attached hydrogen (secondary N) is 1. The van der Waals surface area contributed by atoms with Crippen LogP contribution in [0.25, 0.3) is 0 Å². The van der Waals surface area contributed by atoms with Gasteiger partial charge in [0.2, 0.25) is 0 Å². The lowest BCUT2D eigenvalue weighted by Gasteiger charge is -2.24. The molecule has 0 aromatic rings. The van der Waals surface area contributed by atoms with E-state index in [1.165, 1.54) is 38.6 Å². The van der Waals surface area contributed by atoms with Gasteiger partial charge in [-0.3, -0.25) is 4.79 Å². The van der Waals surface area contributed by atoms with E-state index in [4.69, 9.17) is 5.11 Å². The maximum absolute atomic E-state index is 9.24. The van der Waals surface area contributed by atoms with E-state index in [0.717, 1.165) is 12.0 Å². The van der Waals surface area contributed by atoms with Gasteiger partial charge in [-0.25, -0.2) is 0 Å². The Labute approximate surface area is 84.9 Å². The number of hydrogen-bond acceptors (Lipinski definition) is 3. The molecule has 2 aliphatic rings. The highest BCUT2D eigenvalue weighted by Crippen LogP contribution is 2.29. The Hall–Kier alpha value is -0.610. The Balaban J connectivity index is 0.000000171. The van der Waals surface area contributed by atoms with Crippen LogP contribution in [0.1, 0.15) is 32.1 Å². The van der Waals surface area contributed by atoms with Crippen LogP contribution in [0.4, 0.5) is 0 Å². The lowest BCUT2D eigenvalue weighted by molar-refractivity contribution is -0.135. The molecule has 4 N–H and O–H groups in total. The third-order valence-electron chi connectivity index (χ3n) is 3.01. The number of carbonyl (C=O) groups is 1. The fourth-order valence-corrected chi connectivity index (χ4v) is 2.28. The summed E-state index contributed by atoms with van der Waals surface area (Å²) in [6.45, 7) is 1.01. The minimum Gasteiger partial charge on any atom is -0.480 e. The minimum absolute atomic E-state index is 0.278. The largest absolute Gasteiger partial charge is 0.480 e. The molecule has 0 aromatic carbocycles. The summed E-state index contributed by atoms with van der Waals surface area (Å²) in [4.78, 5) is 9.24. The highest BCUT2D eigenvalue weighted by atomic mass is 16.4. The molecule has 2 rings (SSSR count). The molecule has 0 radical (unpaired) electrons. The molecule has 2 atom stereocenters. The molecule has 2 unspecified atom stereocenters. The van der Waals surface area contributed by atoms with Gasteiger partial charge < -0.3 is 16.2 Å². The predicted octanol–water partition coefficient (Wildman–Crippen LogP) is 0.568. The third kappa shape index (κ3) is 3.64. The first kappa shape index (κ1) is 11.5. The summed E-state index contributed by atoms with van der Waals surface area (Å²) in [6.07, 6.45) is 7.35. The van der Waals surface area contributed by atoms with Crippen LogP contribution in [0.5, 0.6) is 0 Å². The topological polar surface area (TPSA) is 75.3 Å². The van der Waals surface area contributed by atoms with Gasteiger partial charge >= 0.3 is 5.97 Å². The average Bonchev–Trinajstić information content (AvgIpc) is 2.66. The molecule has 1 heterocycles. The maximum Gasteiger partial charge on any atom is 0.317 e. The van der Waals surface area contributed by atoms with Crippen molar-refractivity contribution in [3.05, 3.63) is 0 Å². The van der Waals surface area contributed by atoms with E-state index in [9.17, 15) is 4.79 Å². The SMILES string of the molecule is C1CCC2NCCC2C1.NCC(=O)O. The minimum atomic E-state index is -0.968. The Morgan fingerprint density at radius 2 is 2.00 bits per heavy atom. The molecule has 4 nitrogen and oxygen atoms in total. The van der Waals surface area contributed by atoms with Gasteiger partial charge in [0.15, 0.2) is 0 Å². The van der Waals surface area contributed by atoms with Crippen molar-refractivity contribution >= 4 is 5.97 Å². The van der Waals surface area contributed by atoms with E-state index in [1.54, 1.807) is 0 Å².